The van der Waals surface area contributed by atoms with E-state index in [4.69, 9.17) is 0 Å². The first-order chi connectivity index (χ1) is 25.6. The predicted molar refractivity (Wildman–Crippen MR) is 207 cm³/mol. The largest absolute Gasteiger partial charge is 0.453 e. The summed E-state index contributed by atoms with van der Waals surface area (Å²) in [4.78, 5) is 58.9. The normalized spacial score (nSPS) is 16.3. The average Bonchev–Trinajstić information content (AvgIpc) is 3.46. The highest BCUT2D eigenvalue weighted by Gasteiger charge is 2.46. The Morgan fingerprint density at radius 2 is 1.67 bits per heavy atom. The first-order valence-electron chi connectivity index (χ1n) is 18.4. The molecular formula is C41H57N7O6. The van der Waals surface area contributed by atoms with E-state index in [2.05, 4.69) is 31.1 Å². The van der Waals surface area contributed by atoms with E-state index in [9.17, 15) is 24.3 Å². The lowest BCUT2D eigenvalue weighted by Gasteiger charge is -2.39. The molecule has 1 fully saturated rings. The average molecular weight is 744 g/mol. The zero-order valence-corrected chi connectivity index (χ0v) is 32.6. The van der Waals surface area contributed by atoms with E-state index in [-0.39, 0.29) is 37.4 Å². The molecule has 4 rings (SSSR count). The second-order valence-electron chi connectivity index (χ2n) is 16.0. The third kappa shape index (κ3) is 12.3. The number of alkyl carbamates (subject to hydrolysis) is 1. The molecule has 1 saturated heterocycles. The van der Waals surface area contributed by atoms with E-state index in [1.807, 2.05) is 108 Å². The number of nitrogens with zero attached hydrogens (tertiary/aromatic N) is 3. The van der Waals surface area contributed by atoms with Gasteiger partial charge in [0, 0.05) is 51.5 Å². The van der Waals surface area contributed by atoms with Crippen molar-refractivity contribution in [3.8, 4) is 0 Å². The van der Waals surface area contributed by atoms with Crippen LogP contribution in [0.25, 0.3) is 0 Å². The van der Waals surface area contributed by atoms with Crippen LogP contribution in [-0.4, -0.2) is 88.9 Å². The number of aliphatic hydroxyl groups is 1. The summed E-state index contributed by atoms with van der Waals surface area (Å²) in [5.41, 5.74) is 5.54. The summed E-state index contributed by atoms with van der Waals surface area (Å²) in [7, 11) is 1.28. The molecular weight excluding hydrogens is 686 g/mol. The Morgan fingerprint density at radius 1 is 1.02 bits per heavy atom. The smallest absolute Gasteiger partial charge is 0.406 e. The van der Waals surface area contributed by atoms with Crippen LogP contribution in [0.2, 0.25) is 0 Å². The van der Waals surface area contributed by atoms with Crippen molar-refractivity contribution in [2.75, 3.05) is 26.7 Å². The van der Waals surface area contributed by atoms with Crippen LogP contribution in [-0.2, 0) is 33.8 Å². The van der Waals surface area contributed by atoms with Gasteiger partial charge in [0.1, 0.15) is 0 Å². The summed E-state index contributed by atoms with van der Waals surface area (Å²) in [5, 5.41) is 22.5. The Labute approximate surface area is 319 Å². The van der Waals surface area contributed by atoms with Crippen LogP contribution in [0, 0.1) is 23.7 Å². The molecule has 4 atom stereocenters. The molecule has 2 heterocycles. The second-order valence-corrected chi connectivity index (χ2v) is 16.0. The molecule has 5 N–H and O–H groups in total. The molecule has 13 nitrogen and oxygen atoms in total. The minimum absolute atomic E-state index is 0.00465. The van der Waals surface area contributed by atoms with E-state index < -0.39 is 41.0 Å². The summed E-state index contributed by atoms with van der Waals surface area (Å²) in [6.45, 7) is 12.7. The molecule has 1 aliphatic rings. The maximum atomic E-state index is 14.6. The quantitative estimate of drug-likeness (QED) is 0.128. The molecule has 0 radical (unpaired) electrons. The fourth-order valence-corrected chi connectivity index (χ4v) is 6.86. The third-order valence-corrected chi connectivity index (χ3v) is 9.74. The van der Waals surface area contributed by atoms with Crippen LogP contribution in [0.3, 0.4) is 0 Å². The SMILES string of the molecule is COC(=O)NCC(C)(C)CC(=O)NN(Cc1ccccc1)CC(O)C(Cc1ccccc1)NC(=O)C(C1CNC(=O)N1Cc1cnccc1C)C(C)(C)C. The number of urea groups is 1. The number of nitrogens with one attached hydrogen (secondary N) is 4. The van der Waals surface area contributed by atoms with Crippen LogP contribution in [0.1, 0.15) is 63.3 Å². The van der Waals surface area contributed by atoms with Crippen LogP contribution in [0.4, 0.5) is 9.59 Å². The van der Waals surface area contributed by atoms with Crippen LogP contribution < -0.4 is 21.4 Å². The zero-order valence-electron chi connectivity index (χ0n) is 32.6. The maximum Gasteiger partial charge on any atom is 0.406 e. The molecule has 5 amide bonds. The number of carbonyl (C=O) groups is 4. The topological polar surface area (TPSA) is 165 Å². The number of hydrogen-bond acceptors (Lipinski definition) is 8. The molecule has 2 aromatic carbocycles. The van der Waals surface area contributed by atoms with Crippen molar-refractivity contribution in [1.29, 1.82) is 0 Å². The van der Waals surface area contributed by atoms with Crippen molar-refractivity contribution < 1.29 is 29.0 Å². The maximum absolute atomic E-state index is 14.6. The molecule has 292 valence electrons. The molecule has 13 heteroatoms. The minimum Gasteiger partial charge on any atom is -0.453 e. The molecule has 0 saturated carbocycles. The van der Waals surface area contributed by atoms with Gasteiger partial charge in [-0.3, -0.25) is 20.0 Å². The van der Waals surface area contributed by atoms with Gasteiger partial charge in [-0.15, -0.1) is 0 Å². The van der Waals surface area contributed by atoms with Gasteiger partial charge in [-0.1, -0.05) is 95.3 Å². The standard InChI is InChI=1S/C41H57N7O6/c1-28-18-19-42-22-31(28)25-48-33(23-43-38(48)52)36(40(2,3)4)37(51)45-32(20-29-14-10-8-11-15-29)34(49)26-47(24-30-16-12-9-13-17-30)46-35(50)21-41(5,6)27-44-39(53)54-7/h8-19,22,32-34,36,49H,20-21,23-27H2,1-7H3,(H,43,52)(H,44,53)(H,45,51)(H,46,50). The van der Waals surface area contributed by atoms with Gasteiger partial charge in [0.25, 0.3) is 0 Å². The van der Waals surface area contributed by atoms with Crippen molar-refractivity contribution in [3.05, 3.63) is 101 Å². The van der Waals surface area contributed by atoms with Crippen molar-refractivity contribution in [2.24, 2.45) is 16.7 Å². The lowest BCUT2D eigenvalue weighted by Crippen LogP contribution is -2.57. The van der Waals surface area contributed by atoms with Gasteiger partial charge in [-0.2, -0.15) is 0 Å². The fourth-order valence-electron chi connectivity index (χ4n) is 6.86. The van der Waals surface area contributed by atoms with Crippen molar-refractivity contribution in [1.82, 2.24) is 36.3 Å². The predicted octanol–water partition coefficient (Wildman–Crippen LogP) is 4.34. The van der Waals surface area contributed by atoms with Gasteiger partial charge in [0.15, 0.2) is 0 Å². The highest BCUT2D eigenvalue weighted by atomic mass is 16.5. The first-order valence-corrected chi connectivity index (χ1v) is 18.4. The van der Waals surface area contributed by atoms with E-state index in [1.165, 1.54) is 7.11 Å². The molecule has 4 unspecified atom stereocenters. The monoisotopic (exact) mass is 743 g/mol. The van der Waals surface area contributed by atoms with Gasteiger partial charge < -0.3 is 30.7 Å². The van der Waals surface area contributed by atoms with Gasteiger partial charge >= 0.3 is 12.1 Å². The molecule has 0 aliphatic carbocycles. The third-order valence-electron chi connectivity index (χ3n) is 9.74. The molecule has 3 aromatic rings. The number of hydrazine groups is 1. The van der Waals surface area contributed by atoms with Gasteiger partial charge in [-0.05, 0) is 52.5 Å². The number of aliphatic hydroxyl groups excluding tert-OH is 1. The van der Waals surface area contributed by atoms with Crippen molar-refractivity contribution >= 4 is 23.9 Å². The summed E-state index contributed by atoms with van der Waals surface area (Å²) < 4.78 is 4.68. The van der Waals surface area contributed by atoms with E-state index in [0.29, 0.717) is 26.1 Å². The summed E-state index contributed by atoms with van der Waals surface area (Å²) in [5.74, 6) is -1.22. The minimum atomic E-state index is -1.12. The van der Waals surface area contributed by atoms with E-state index in [0.717, 1.165) is 22.3 Å². The Morgan fingerprint density at radius 3 is 2.28 bits per heavy atom. The Bertz CT molecular complexity index is 1700. The molecule has 1 aliphatic heterocycles. The number of ether oxygens (including phenoxy) is 1. The lowest BCUT2D eigenvalue weighted by molar-refractivity contribution is -0.133. The molecule has 1 aromatic heterocycles. The fraction of sp³-hybridized carbons (Fsp3) is 0.488. The number of hydrogen-bond donors (Lipinski definition) is 5. The highest BCUT2D eigenvalue weighted by Crippen LogP contribution is 2.34. The molecule has 0 bridgehead atoms. The van der Waals surface area contributed by atoms with E-state index in [1.54, 1.807) is 22.3 Å². The number of aryl methyl sites for hydroxylation is 1. The van der Waals surface area contributed by atoms with Crippen LogP contribution in [0.5, 0.6) is 0 Å². The van der Waals surface area contributed by atoms with Crippen molar-refractivity contribution in [3.63, 3.8) is 0 Å². The van der Waals surface area contributed by atoms with E-state index >= 15 is 0 Å². The van der Waals surface area contributed by atoms with Crippen molar-refractivity contribution in [2.45, 2.75) is 85.7 Å². The molecule has 0 spiro atoms. The summed E-state index contributed by atoms with van der Waals surface area (Å²) in [6, 6.07) is 19.6. The Hall–Kier alpha value is -5.01. The number of pyridine rings is 1. The number of rotatable bonds is 17. The number of aromatic nitrogens is 1. The molecule has 54 heavy (non-hydrogen) atoms. The second kappa shape index (κ2) is 18.8. The van der Waals surface area contributed by atoms with Gasteiger partial charge in [0.2, 0.25) is 11.8 Å². The number of carbonyl (C=O) groups excluding carboxylic acids is 4. The number of methoxy groups -OCH3 is 1. The van der Waals surface area contributed by atoms with Gasteiger partial charge in [-0.25, -0.2) is 14.6 Å². The summed E-state index contributed by atoms with van der Waals surface area (Å²) >= 11 is 0. The van der Waals surface area contributed by atoms with Gasteiger partial charge in [0.05, 0.1) is 31.2 Å². The number of amides is 5. The highest BCUT2D eigenvalue weighted by molar-refractivity contribution is 5.84. The van der Waals surface area contributed by atoms with Crippen LogP contribution >= 0.6 is 0 Å². The Kier molecular flexibility index (Phi) is 14.6. The Balaban J connectivity index is 1.58. The zero-order chi connectivity index (χ0) is 39.5. The van der Waals surface area contributed by atoms with Crippen LogP contribution in [0.15, 0.2) is 79.1 Å². The first kappa shape index (κ1) is 41.7. The number of benzene rings is 2. The summed E-state index contributed by atoms with van der Waals surface area (Å²) in [6.07, 6.45) is 2.16. The lowest BCUT2D eigenvalue weighted by atomic mass is 9.75.